The Balaban J connectivity index is 1.92. The van der Waals surface area contributed by atoms with Crippen molar-refractivity contribution in [2.45, 2.75) is 0 Å². The monoisotopic (exact) mass is 421 g/mol. The Bertz CT molecular complexity index is 1020. The van der Waals surface area contributed by atoms with Crippen molar-refractivity contribution in [1.29, 1.82) is 0 Å². The number of hydrogen-bond donors (Lipinski definition) is 0. The summed E-state index contributed by atoms with van der Waals surface area (Å²) in [6, 6.07) is 9.61. The largest absolute Gasteiger partial charge is 0.288 e. The molecule has 0 atom stereocenters. The van der Waals surface area contributed by atoms with E-state index in [1.165, 1.54) is 47.4 Å². The Labute approximate surface area is 166 Å². The van der Waals surface area contributed by atoms with Crippen LogP contribution in [0.5, 0.6) is 0 Å². The van der Waals surface area contributed by atoms with Gasteiger partial charge in [-0.1, -0.05) is 41.6 Å². The minimum atomic E-state index is -0.609. The van der Waals surface area contributed by atoms with Crippen LogP contribution in [0.2, 0.25) is 5.02 Å². The van der Waals surface area contributed by atoms with Crippen molar-refractivity contribution in [3.8, 4) is 0 Å². The van der Waals surface area contributed by atoms with E-state index in [0.29, 0.717) is 11.3 Å². The molecule has 0 saturated carbocycles. The zero-order valence-electron chi connectivity index (χ0n) is 13.2. The molecule has 1 heterocycles. The number of halogens is 1. The summed E-state index contributed by atoms with van der Waals surface area (Å²) in [5, 5.41) is 21.7. The van der Waals surface area contributed by atoms with Crippen molar-refractivity contribution in [1.82, 2.24) is 0 Å². The Hall–Kier alpha value is -2.82. The average molecular weight is 422 g/mol. The summed E-state index contributed by atoms with van der Waals surface area (Å²) in [7, 11) is 0. The van der Waals surface area contributed by atoms with Crippen LogP contribution in [-0.2, 0) is 4.79 Å². The second-order valence-corrected chi connectivity index (χ2v) is 7.34. The SMILES string of the molecule is O=C1/C(=C/c2ccc(Cl)c([N+](=O)[O-])c2)SC(=S)N1c1ccc([N+](=O)[O-])cc1. The third-order valence-electron chi connectivity index (χ3n) is 3.58. The van der Waals surface area contributed by atoms with Gasteiger partial charge in [0.05, 0.1) is 20.4 Å². The van der Waals surface area contributed by atoms with Gasteiger partial charge < -0.3 is 0 Å². The van der Waals surface area contributed by atoms with E-state index in [-0.39, 0.29) is 25.6 Å². The zero-order chi connectivity index (χ0) is 19.7. The topological polar surface area (TPSA) is 107 Å². The number of nitro groups is 2. The molecule has 0 N–H and O–H groups in total. The number of carbonyl (C=O) groups excluding carboxylic acids is 1. The number of benzene rings is 2. The second kappa shape index (κ2) is 7.43. The van der Waals surface area contributed by atoms with E-state index in [0.717, 1.165) is 11.8 Å². The van der Waals surface area contributed by atoms with Crippen LogP contribution in [0.3, 0.4) is 0 Å². The third kappa shape index (κ3) is 3.82. The summed E-state index contributed by atoms with van der Waals surface area (Å²) in [4.78, 5) is 34.8. The van der Waals surface area contributed by atoms with Crippen LogP contribution in [0, 0.1) is 20.2 Å². The molecule has 1 fully saturated rings. The van der Waals surface area contributed by atoms with Gasteiger partial charge in [-0.15, -0.1) is 0 Å². The number of thiocarbonyl (C=S) groups is 1. The highest BCUT2D eigenvalue weighted by Crippen LogP contribution is 2.37. The van der Waals surface area contributed by atoms with Crippen LogP contribution < -0.4 is 4.90 Å². The van der Waals surface area contributed by atoms with Crippen LogP contribution in [0.25, 0.3) is 6.08 Å². The summed E-state index contributed by atoms with van der Waals surface area (Å²) in [5.41, 5.74) is 0.452. The number of thioether (sulfide) groups is 1. The minimum absolute atomic E-state index is 0.00409. The van der Waals surface area contributed by atoms with E-state index in [1.807, 2.05) is 0 Å². The Morgan fingerprint density at radius 1 is 1.07 bits per heavy atom. The molecule has 2 aromatic carbocycles. The van der Waals surface area contributed by atoms with Crippen LogP contribution in [0.4, 0.5) is 17.1 Å². The van der Waals surface area contributed by atoms with E-state index in [2.05, 4.69) is 0 Å². The maximum atomic E-state index is 12.7. The number of hydrogen-bond acceptors (Lipinski definition) is 7. The number of anilines is 1. The van der Waals surface area contributed by atoms with Gasteiger partial charge in [0.1, 0.15) is 5.02 Å². The number of rotatable bonds is 4. The summed E-state index contributed by atoms with van der Waals surface area (Å²) in [6.45, 7) is 0. The fourth-order valence-corrected chi connectivity index (χ4v) is 3.81. The molecule has 136 valence electrons. The van der Waals surface area contributed by atoms with Gasteiger partial charge in [0.15, 0.2) is 4.32 Å². The molecule has 8 nitrogen and oxygen atoms in total. The van der Waals surface area contributed by atoms with Gasteiger partial charge in [-0.25, -0.2) is 0 Å². The van der Waals surface area contributed by atoms with Crippen molar-refractivity contribution in [3.05, 3.63) is 78.2 Å². The molecule has 0 radical (unpaired) electrons. The lowest BCUT2D eigenvalue weighted by molar-refractivity contribution is -0.385. The van der Waals surface area contributed by atoms with Gasteiger partial charge in [-0.3, -0.25) is 29.9 Å². The molecule has 1 amide bonds. The molecule has 0 unspecified atom stereocenters. The first-order valence-corrected chi connectivity index (χ1v) is 8.84. The molecule has 0 spiro atoms. The fourth-order valence-electron chi connectivity index (χ4n) is 2.32. The van der Waals surface area contributed by atoms with Gasteiger partial charge in [-0.2, -0.15) is 0 Å². The molecule has 0 bridgehead atoms. The van der Waals surface area contributed by atoms with E-state index in [1.54, 1.807) is 6.07 Å². The van der Waals surface area contributed by atoms with Gasteiger partial charge >= 0.3 is 0 Å². The number of nitrogens with zero attached hydrogens (tertiary/aromatic N) is 3. The predicted molar refractivity (Wildman–Crippen MR) is 107 cm³/mol. The quantitative estimate of drug-likeness (QED) is 0.308. The standard InChI is InChI=1S/C16H8ClN3O5S2/c17-12-6-1-9(7-13(12)20(24)25)8-14-15(21)18(16(26)27-14)10-2-4-11(5-3-10)19(22)23/h1-8H/b14-8-. The second-order valence-electron chi connectivity index (χ2n) is 5.26. The third-order valence-corrected chi connectivity index (χ3v) is 5.20. The van der Waals surface area contributed by atoms with Crippen molar-refractivity contribution >= 4 is 68.9 Å². The van der Waals surface area contributed by atoms with E-state index >= 15 is 0 Å². The van der Waals surface area contributed by atoms with Crippen molar-refractivity contribution in [2.24, 2.45) is 0 Å². The lowest BCUT2D eigenvalue weighted by Crippen LogP contribution is -2.27. The predicted octanol–water partition coefficient (Wildman–Crippen LogP) is 4.56. The first-order chi connectivity index (χ1) is 12.8. The zero-order valence-corrected chi connectivity index (χ0v) is 15.6. The van der Waals surface area contributed by atoms with Crippen molar-refractivity contribution in [2.75, 3.05) is 4.90 Å². The molecule has 11 heteroatoms. The van der Waals surface area contributed by atoms with E-state index in [9.17, 15) is 25.0 Å². The van der Waals surface area contributed by atoms with Crippen LogP contribution in [-0.4, -0.2) is 20.1 Å². The van der Waals surface area contributed by atoms with Crippen LogP contribution >= 0.6 is 35.6 Å². The molecule has 1 aliphatic heterocycles. The van der Waals surface area contributed by atoms with Gasteiger partial charge in [0.25, 0.3) is 17.3 Å². The molecule has 1 saturated heterocycles. The maximum Gasteiger partial charge on any atom is 0.288 e. The maximum absolute atomic E-state index is 12.7. The summed E-state index contributed by atoms with van der Waals surface area (Å²) < 4.78 is 0.253. The lowest BCUT2D eigenvalue weighted by atomic mass is 10.2. The van der Waals surface area contributed by atoms with Crippen molar-refractivity contribution < 1.29 is 14.6 Å². The Morgan fingerprint density at radius 2 is 1.74 bits per heavy atom. The molecule has 0 aliphatic carbocycles. The normalized spacial score (nSPS) is 15.4. The average Bonchev–Trinajstić information content (AvgIpc) is 2.90. The van der Waals surface area contributed by atoms with Crippen LogP contribution in [0.15, 0.2) is 47.4 Å². The minimum Gasteiger partial charge on any atom is -0.268 e. The molecule has 2 aromatic rings. The van der Waals surface area contributed by atoms with Crippen LogP contribution in [0.1, 0.15) is 5.56 Å². The highest BCUT2D eigenvalue weighted by Gasteiger charge is 2.33. The van der Waals surface area contributed by atoms with Gasteiger partial charge in [0.2, 0.25) is 0 Å². The number of amides is 1. The number of carbonyl (C=O) groups is 1. The lowest BCUT2D eigenvalue weighted by Gasteiger charge is -2.13. The molecule has 3 rings (SSSR count). The summed E-state index contributed by atoms with van der Waals surface area (Å²) >= 11 is 12.0. The molecule has 27 heavy (non-hydrogen) atoms. The van der Waals surface area contributed by atoms with E-state index < -0.39 is 15.8 Å². The number of nitro benzene ring substituents is 2. The van der Waals surface area contributed by atoms with Gasteiger partial charge in [0, 0.05) is 18.2 Å². The highest BCUT2D eigenvalue weighted by molar-refractivity contribution is 8.27. The van der Waals surface area contributed by atoms with Crippen molar-refractivity contribution in [3.63, 3.8) is 0 Å². The highest BCUT2D eigenvalue weighted by atomic mass is 35.5. The van der Waals surface area contributed by atoms with E-state index in [4.69, 9.17) is 23.8 Å². The molecule has 1 aliphatic rings. The van der Waals surface area contributed by atoms with Gasteiger partial charge in [-0.05, 0) is 29.8 Å². The summed E-state index contributed by atoms with van der Waals surface area (Å²) in [5.74, 6) is -0.420. The molecular weight excluding hydrogens is 414 g/mol. The summed E-state index contributed by atoms with van der Waals surface area (Å²) in [6.07, 6.45) is 1.48. The number of non-ortho nitro benzene ring substituents is 1. The first kappa shape index (κ1) is 19.0. The fraction of sp³-hybridized carbons (Fsp3) is 0. The molecular formula is C16H8ClN3O5S2. The first-order valence-electron chi connectivity index (χ1n) is 7.24. The smallest absolute Gasteiger partial charge is 0.268 e. The molecule has 0 aromatic heterocycles. The Morgan fingerprint density at radius 3 is 2.33 bits per heavy atom. The Kier molecular flexibility index (Phi) is 5.22.